The van der Waals surface area contributed by atoms with Gasteiger partial charge in [0.15, 0.2) is 11.5 Å². The van der Waals surface area contributed by atoms with Gasteiger partial charge in [0, 0.05) is 16.1 Å². The first kappa shape index (κ1) is 15.2. The third kappa shape index (κ3) is 3.67. The highest BCUT2D eigenvalue weighted by Crippen LogP contribution is 2.30. The van der Waals surface area contributed by atoms with Crippen molar-refractivity contribution >= 4 is 15.9 Å². The van der Waals surface area contributed by atoms with Gasteiger partial charge in [-0.1, -0.05) is 15.9 Å². The Kier molecular flexibility index (Phi) is 5.07. The molecule has 0 saturated heterocycles. The largest absolute Gasteiger partial charge is 0.496 e. The molecule has 0 fully saturated rings. The van der Waals surface area contributed by atoms with Crippen molar-refractivity contribution < 1.29 is 14.2 Å². The molecule has 0 atom stereocenters. The number of hydrogen-bond acceptors (Lipinski definition) is 4. The first-order valence-electron chi connectivity index (χ1n) is 6.21. The highest BCUT2D eigenvalue weighted by atomic mass is 79.9. The molecule has 2 rings (SSSR count). The summed E-state index contributed by atoms with van der Waals surface area (Å²) in [6.45, 7) is 0.338. The Morgan fingerprint density at radius 3 is 2.38 bits per heavy atom. The van der Waals surface area contributed by atoms with Gasteiger partial charge >= 0.3 is 0 Å². The Morgan fingerprint density at radius 2 is 1.71 bits per heavy atom. The van der Waals surface area contributed by atoms with E-state index in [1.807, 2.05) is 18.2 Å². The van der Waals surface area contributed by atoms with Crippen molar-refractivity contribution in [3.05, 3.63) is 52.0 Å². The van der Waals surface area contributed by atoms with E-state index in [9.17, 15) is 0 Å². The van der Waals surface area contributed by atoms with Crippen LogP contribution in [0.3, 0.4) is 0 Å². The summed E-state index contributed by atoms with van der Waals surface area (Å²) >= 11 is 3.43. The van der Waals surface area contributed by atoms with Crippen molar-refractivity contribution in [1.82, 2.24) is 0 Å². The van der Waals surface area contributed by atoms with Crippen molar-refractivity contribution in [3.8, 4) is 23.3 Å². The Bertz CT molecular complexity index is 680. The van der Waals surface area contributed by atoms with Crippen LogP contribution in [0.5, 0.6) is 17.2 Å². The lowest BCUT2D eigenvalue weighted by molar-refractivity contribution is 0.278. The summed E-state index contributed by atoms with van der Waals surface area (Å²) in [4.78, 5) is 0. The van der Waals surface area contributed by atoms with E-state index < -0.39 is 0 Å². The number of halogens is 1. The molecular formula is C16H14BrNO3. The van der Waals surface area contributed by atoms with Crippen molar-refractivity contribution in [2.75, 3.05) is 14.2 Å². The van der Waals surface area contributed by atoms with E-state index in [4.69, 9.17) is 19.5 Å². The third-order valence-electron chi connectivity index (χ3n) is 2.92. The van der Waals surface area contributed by atoms with Crippen LogP contribution < -0.4 is 14.2 Å². The van der Waals surface area contributed by atoms with Crippen LogP contribution in [-0.4, -0.2) is 14.2 Å². The summed E-state index contributed by atoms with van der Waals surface area (Å²) in [5.41, 5.74) is 1.44. The highest BCUT2D eigenvalue weighted by molar-refractivity contribution is 9.10. The molecule has 0 N–H and O–H groups in total. The normalized spacial score (nSPS) is 9.81. The van der Waals surface area contributed by atoms with Gasteiger partial charge in [0.2, 0.25) is 0 Å². The van der Waals surface area contributed by atoms with Crippen LogP contribution >= 0.6 is 15.9 Å². The summed E-state index contributed by atoms with van der Waals surface area (Å²) in [6, 6.07) is 12.8. The van der Waals surface area contributed by atoms with Crippen LogP contribution in [0.25, 0.3) is 0 Å². The van der Waals surface area contributed by atoms with E-state index >= 15 is 0 Å². The summed E-state index contributed by atoms with van der Waals surface area (Å²) in [6.07, 6.45) is 0. The number of ether oxygens (including phenoxy) is 3. The van der Waals surface area contributed by atoms with Gasteiger partial charge in [-0.05, 0) is 30.3 Å². The molecule has 0 bridgehead atoms. The molecule has 4 nitrogen and oxygen atoms in total. The fourth-order valence-corrected chi connectivity index (χ4v) is 2.28. The van der Waals surface area contributed by atoms with E-state index in [-0.39, 0.29) is 0 Å². The molecule has 2 aromatic carbocycles. The molecule has 108 valence electrons. The van der Waals surface area contributed by atoms with Gasteiger partial charge in [0.05, 0.1) is 25.9 Å². The van der Waals surface area contributed by atoms with Crippen LogP contribution in [0.1, 0.15) is 11.1 Å². The summed E-state index contributed by atoms with van der Waals surface area (Å²) in [5.74, 6) is 1.87. The Labute approximate surface area is 132 Å². The van der Waals surface area contributed by atoms with Crippen molar-refractivity contribution in [1.29, 1.82) is 5.26 Å². The molecule has 0 aliphatic rings. The SMILES string of the molecule is COc1ccc(Br)cc1COc1ccc(C#N)cc1OC. The Balaban J connectivity index is 2.20. The topological polar surface area (TPSA) is 51.5 Å². The fraction of sp³-hybridized carbons (Fsp3) is 0.188. The quantitative estimate of drug-likeness (QED) is 0.822. The molecule has 0 amide bonds. The molecule has 0 spiro atoms. The second-order valence-electron chi connectivity index (χ2n) is 4.22. The standard InChI is InChI=1S/C16H14BrNO3/c1-19-14-6-4-13(17)8-12(14)10-21-15-5-3-11(9-18)7-16(15)20-2/h3-8H,10H2,1-2H3. The second kappa shape index (κ2) is 7.00. The maximum Gasteiger partial charge on any atom is 0.162 e. The van der Waals surface area contributed by atoms with Crippen LogP contribution in [0.15, 0.2) is 40.9 Å². The maximum absolute atomic E-state index is 8.89. The van der Waals surface area contributed by atoms with Gasteiger partial charge in [0.1, 0.15) is 12.4 Å². The molecule has 2 aromatic rings. The van der Waals surface area contributed by atoms with Gasteiger partial charge in [-0.25, -0.2) is 0 Å². The van der Waals surface area contributed by atoms with Gasteiger partial charge in [-0.2, -0.15) is 5.26 Å². The minimum absolute atomic E-state index is 0.338. The Hall–Kier alpha value is -2.19. The fourth-order valence-electron chi connectivity index (χ4n) is 1.87. The molecule has 0 aromatic heterocycles. The molecule has 0 saturated carbocycles. The van der Waals surface area contributed by atoms with E-state index in [0.29, 0.717) is 23.7 Å². The minimum Gasteiger partial charge on any atom is -0.496 e. The Morgan fingerprint density at radius 1 is 1.00 bits per heavy atom. The van der Waals surface area contributed by atoms with Crippen LogP contribution in [0, 0.1) is 11.3 Å². The number of methoxy groups -OCH3 is 2. The van der Waals surface area contributed by atoms with Crippen LogP contribution in [0.2, 0.25) is 0 Å². The van der Waals surface area contributed by atoms with E-state index in [1.165, 1.54) is 0 Å². The molecule has 21 heavy (non-hydrogen) atoms. The number of rotatable bonds is 5. The van der Waals surface area contributed by atoms with E-state index in [1.54, 1.807) is 32.4 Å². The predicted octanol–water partition coefficient (Wildman–Crippen LogP) is 3.92. The first-order chi connectivity index (χ1) is 10.2. The van der Waals surface area contributed by atoms with Crippen LogP contribution in [0.4, 0.5) is 0 Å². The molecule has 0 aliphatic carbocycles. The lowest BCUT2D eigenvalue weighted by atomic mass is 10.2. The summed E-state index contributed by atoms with van der Waals surface area (Å²) in [5, 5.41) is 8.89. The molecule has 5 heteroatoms. The average Bonchev–Trinajstić information content (AvgIpc) is 2.52. The second-order valence-corrected chi connectivity index (χ2v) is 5.14. The molecule has 0 radical (unpaired) electrons. The number of hydrogen-bond donors (Lipinski definition) is 0. The number of benzene rings is 2. The van der Waals surface area contributed by atoms with Crippen LogP contribution in [-0.2, 0) is 6.61 Å². The lowest BCUT2D eigenvalue weighted by Gasteiger charge is -2.13. The monoisotopic (exact) mass is 347 g/mol. The predicted molar refractivity (Wildman–Crippen MR) is 82.7 cm³/mol. The van der Waals surface area contributed by atoms with Crippen molar-refractivity contribution in [3.63, 3.8) is 0 Å². The highest BCUT2D eigenvalue weighted by Gasteiger charge is 2.09. The number of nitriles is 1. The van der Waals surface area contributed by atoms with E-state index in [0.717, 1.165) is 15.8 Å². The van der Waals surface area contributed by atoms with Gasteiger partial charge in [0.25, 0.3) is 0 Å². The minimum atomic E-state index is 0.338. The summed E-state index contributed by atoms with van der Waals surface area (Å²) in [7, 11) is 3.16. The third-order valence-corrected chi connectivity index (χ3v) is 3.41. The number of nitrogens with zero attached hydrogens (tertiary/aromatic N) is 1. The molecule has 0 unspecified atom stereocenters. The van der Waals surface area contributed by atoms with Gasteiger partial charge in [-0.3, -0.25) is 0 Å². The molecule has 0 aliphatic heterocycles. The van der Waals surface area contributed by atoms with Gasteiger partial charge < -0.3 is 14.2 Å². The van der Waals surface area contributed by atoms with Crippen molar-refractivity contribution in [2.45, 2.75) is 6.61 Å². The van der Waals surface area contributed by atoms with E-state index in [2.05, 4.69) is 22.0 Å². The zero-order chi connectivity index (χ0) is 15.2. The zero-order valence-corrected chi connectivity index (χ0v) is 13.3. The van der Waals surface area contributed by atoms with Crippen molar-refractivity contribution in [2.24, 2.45) is 0 Å². The zero-order valence-electron chi connectivity index (χ0n) is 11.7. The smallest absolute Gasteiger partial charge is 0.162 e. The molecular weight excluding hydrogens is 334 g/mol. The lowest BCUT2D eigenvalue weighted by Crippen LogP contribution is -2.00. The molecule has 0 heterocycles. The summed E-state index contributed by atoms with van der Waals surface area (Å²) < 4.78 is 17.3. The first-order valence-corrected chi connectivity index (χ1v) is 7.00. The van der Waals surface area contributed by atoms with Gasteiger partial charge in [-0.15, -0.1) is 0 Å². The average molecular weight is 348 g/mol. The maximum atomic E-state index is 8.89.